The molecule has 0 aliphatic carbocycles. The van der Waals surface area contributed by atoms with Crippen molar-refractivity contribution in [1.82, 2.24) is 4.98 Å². The molecule has 0 aliphatic heterocycles. The molecule has 0 bridgehead atoms. The van der Waals surface area contributed by atoms with Gasteiger partial charge in [-0.3, -0.25) is 4.98 Å². The molecule has 2 rings (SSSR count). The highest BCUT2D eigenvalue weighted by molar-refractivity contribution is 6.31. The van der Waals surface area contributed by atoms with Crippen LogP contribution in [-0.2, 0) is 6.42 Å². The number of alkyl halides is 1. The number of aryl methyl sites for hydroxylation is 1. The van der Waals surface area contributed by atoms with Crippen LogP contribution in [0.2, 0.25) is 5.02 Å². The van der Waals surface area contributed by atoms with Crippen molar-refractivity contribution in [2.24, 2.45) is 0 Å². The molecule has 1 atom stereocenters. The third kappa shape index (κ3) is 3.21. The lowest BCUT2D eigenvalue weighted by molar-refractivity contribution is 0.627. The third-order valence-corrected chi connectivity index (χ3v) is 3.36. The standard InChI is InChI=1S/C14H12Cl2FN/c1-9-2-4-11(18-8-9)7-12(15)10-3-5-14(17)13(16)6-10/h2-6,8,12H,7H2,1H3. The van der Waals surface area contributed by atoms with Crippen LogP contribution in [0, 0.1) is 12.7 Å². The zero-order chi connectivity index (χ0) is 13.1. The van der Waals surface area contributed by atoms with Crippen LogP contribution in [0.4, 0.5) is 4.39 Å². The summed E-state index contributed by atoms with van der Waals surface area (Å²) in [7, 11) is 0. The van der Waals surface area contributed by atoms with Gasteiger partial charge in [0, 0.05) is 18.3 Å². The van der Waals surface area contributed by atoms with Crippen molar-refractivity contribution < 1.29 is 4.39 Å². The van der Waals surface area contributed by atoms with E-state index in [9.17, 15) is 4.39 Å². The van der Waals surface area contributed by atoms with E-state index in [-0.39, 0.29) is 10.4 Å². The minimum atomic E-state index is -0.433. The lowest BCUT2D eigenvalue weighted by Gasteiger charge is -2.10. The van der Waals surface area contributed by atoms with Crippen LogP contribution in [-0.4, -0.2) is 4.98 Å². The summed E-state index contributed by atoms with van der Waals surface area (Å²) in [6.07, 6.45) is 2.39. The SMILES string of the molecule is Cc1ccc(CC(Cl)c2ccc(F)c(Cl)c2)nc1. The van der Waals surface area contributed by atoms with E-state index in [4.69, 9.17) is 23.2 Å². The van der Waals surface area contributed by atoms with E-state index in [1.807, 2.05) is 19.1 Å². The predicted octanol–water partition coefficient (Wildman–Crippen LogP) is 4.71. The number of aromatic nitrogens is 1. The molecule has 1 aromatic carbocycles. The normalized spacial score (nSPS) is 12.4. The summed E-state index contributed by atoms with van der Waals surface area (Å²) in [5.41, 5.74) is 2.81. The van der Waals surface area contributed by atoms with E-state index in [1.54, 1.807) is 18.3 Å². The maximum Gasteiger partial charge on any atom is 0.141 e. The van der Waals surface area contributed by atoms with Crippen LogP contribution in [0.5, 0.6) is 0 Å². The van der Waals surface area contributed by atoms with Crippen molar-refractivity contribution >= 4 is 23.2 Å². The second kappa shape index (κ2) is 5.68. The van der Waals surface area contributed by atoms with Gasteiger partial charge in [-0.15, -0.1) is 11.6 Å². The molecule has 0 saturated heterocycles. The summed E-state index contributed by atoms with van der Waals surface area (Å²) in [6, 6.07) is 8.46. The second-order valence-electron chi connectivity index (χ2n) is 4.17. The van der Waals surface area contributed by atoms with Crippen molar-refractivity contribution in [3.63, 3.8) is 0 Å². The first-order valence-electron chi connectivity index (χ1n) is 5.57. The third-order valence-electron chi connectivity index (χ3n) is 2.67. The van der Waals surface area contributed by atoms with Crippen molar-refractivity contribution in [3.8, 4) is 0 Å². The van der Waals surface area contributed by atoms with E-state index in [1.165, 1.54) is 6.07 Å². The highest BCUT2D eigenvalue weighted by Crippen LogP contribution is 2.27. The number of nitrogens with zero attached hydrogens (tertiary/aromatic N) is 1. The molecule has 0 amide bonds. The number of hydrogen-bond acceptors (Lipinski definition) is 1. The van der Waals surface area contributed by atoms with Crippen LogP contribution < -0.4 is 0 Å². The number of hydrogen-bond donors (Lipinski definition) is 0. The first kappa shape index (κ1) is 13.3. The van der Waals surface area contributed by atoms with Gasteiger partial charge >= 0.3 is 0 Å². The maximum absolute atomic E-state index is 13.0. The van der Waals surface area contributed by atoms with E-state index in [2.05, 4.69) is 4.98 Å². The summed E-state index contributed by atoms with van der Waals surface area (Å²) in [4.78, 5) is 4.29. The van der Waals surface area contributed by atoms with Gasteiger partial charge in [0.25, 0.3) is 0 Å². The van der Waals surface area contributed by atoms with Gasteiger partial charge in [0.2, 0.25) is 0 Å². The van der Waals surface area contributed by atoms with Crippen LogP contribution in [0.25, 0.3) is 0 Å². The van der Waals surface area contributed by atoms with Gasteiger partial charge in [-0.2, -0.15) is 0 Å². The fourth-order valence-electron chi connectivity index (χ4n) is 1.63. The highest BCUT2D eigenvalue weighted by Gasteiger charge is 2.11. The second-order valence-corrected chi connectivity index (χ2v) is 5.11. The van der Waals surface area contributed by atoms with E-state index >= 15 is 0 Å². The zero-order valence-corrected chi connectivity index (χ0v) is 11.3. The zero-order valence-electron chi connectivity index (χ0n) is 9.83. The van der Waals surface area contributed by atoms with Gasteiger partial charge in [0.1, 0.15) is 5.82 Å². The average molecular weight is 284 g/mol. The molecule has 2 aromatic rings. The Labute approximate surface area is 116 Å². The number of benzene rings is 1. The summed E-state index contributed by atoms with van der Waals surface area (Å²) in [6.45, 7) is 1.98. The Morgan fingerprint density at radius 2 is 2.06 bits per heavy atom. The largest absolute Gasteiger partial charge is 0.261 e. The molecule has 0 saturated carbocycles. The first-order valence-corrected chi connectivity index (χ1v) is 6.38. The monoisotopic (exact) mass is 283 g/mol. The molecular formula is C14H12Cl2FN. The fraction of sp³-hybridized carbons (Fsp3) is 0.214. The molecule has 18 heavy (non-hydrogen) atoms. The summed E-state index contributed by atoms with van der Waals surface area (Å²) >= 11 is 12.0. The van der Waals surface area contributed by atoms with Gasteiger partial charge in [-0.25, -0.2) is 4.39 Å². The minimum Gasteiger partial charge on any atom is -0.261 e. The molecule has 1 aromatic heterocycles. The predicted molar refractivity (Wildman–Crippen MR) is 72.7 cm³/mol. The molecule has 0 N–H and O–H groups in total. The topological polar surface area (TPSA) is 12.9 Å². The number of rotatable bonds is 3. The van der Waals surface area contributed by atoms with Crippen LogP contribution in [0.1, 0.15) is 22.2 Å². The van der Waals surface area contributed by atoms with Crippen molar-refractivity contribution in [2.45, 2.75) is 18.7 Å². The molecular weight excluding hydrogens is 272 g/mol. The number of halogens is 3. The van der Waals surface area contributed by atoms with Crippen LogP contribution >= 0.6 is 23.2 Å². The molecule has 1 unspecified atom stereocenters. The molecule has 0 spiro atoms. The van der Waals surface area contributed by atoms with Gasteiger partial charge in [-0.05, 0) is 36.2 Å². The Morgan fingerprint density at radius 3 is 2.67 bits per heavy atom. The molecule has 1 nitrogen and oxygen atoms in total. The lowest BCUT2D eigenvalue weighted by Crippen LogP contribution is -1.98. The van der Waals surface area contributed by atoms with Gasteiger partial charge in [-0.1, -0.05) is 23.7 Å². The molecule has 4 heteroatoms. The fourth-order valence-corrected chi connectivity index (χ4v) is 2.11. The first-order chi connectivity index (χ1) is 8.56. The summed E-state index contributed by atoms with van der Waals surface area (Å²) in [5, 5.41) is -0.173. The Kier molecular flexibility index (Phi) is 4.20. The van der Waals surface area contributed by atoms with Crippen molar-refractivity contribution in [1.29, 1.82) is 0 Å². The number of pyridine rings is 1. The average Bonchev–Trinajstić information content (AvgIpc) is 2.35. The Balaban J connectivity index is 2.13. The Bertz CT molecular complexity index is 540. The van der Waals surface area contributed by atoms with E-state index in [0.717, 1.165) is 16.8 Å². The van der Waals surface area contributed by atoms with E-state index in [0.29, 0.717) is 6.42 Å². The lowest BCUT2D eigenvalue weighted by atomic mass is 10.1. The Morgan fingerprint density at radius 1 is 1.28 bits per heavy atom. The molecule has 0 radical (unpaired) electrons. The Hall–Kier alpha value is -1.12. The van der Waals surface area contributed by atoms with Crippen LogP contribution in [0.15, 0.2) is 36.5 Å². The highest BCUT2D eigenvalue weighted by atomic mass is 35.5. The van der Waals surface area contributed by atoms with Gasteiger partial charge in [0.05, 0.1) is 10.4 Å². The van der Waals surface area contributed by atoms with Gasteiger partial charge < -0.3 is 0 Å². The van der Waals surface area contributed by atoms with Crippen molar-refractivity contribution in [3.05, 3.63) is 64.2 Å². The van der Waals surface area contributed by atoms with Crippen molar-refractivity contribution in [2.75, 3.05) is 0 Å². The maximum atomic E-state index is 13.0. The quantitative estimate of drug-likeness (QED) is 0.744. The summed E-state index contributed by atoms with van der Waals surface area (Å²) in [5.74, 6) is -0.433. The molecule has 1 heterocycles. The molecule has 0 aliphatic rings. The smallest absolute Gasteiger partial charge is 0.141 e. The van der Waals surface area contributed by atoms with Gasteiger partial charge in [0.15, 0.2) is 0 Å². The van der Waals surface area contributed by atoms with Crippen LogP contribution in [0.3, 0.4) is 0 Å². The molecule has 0 fully saturated rings. The molecule has 94 valence electrons. The summed E-state index contributed by atoms with van der Waals surface area (Å²) < 4.78 is 13.0. The van der Waals surface area contributed by atoms with E-state index < -0.39 is 5.82 Å². The minimum absolute atomic E-state index is 0.0926.